The van der Waals surface area contributed by atoms with E-state index in [1.165, 1.54) is 28.3 Å². The van der Waals surface area contributed by atoms with Crippen molar-refractivity contribution in [2.75, 3.05) is 13.7 Å². The van der Waals surface area contributed by atoms with Gasteiger partial charge in [-0.1, -0.05) is 35.3 Å². The van der Waals surface area contributed by atoms with E-state index < -0.39 is 47.1 Å². The molecule has 6 rings (SSSR count). The third-order valence-electron chi connectivity index (χ3n) is 9.34. The Kier molecular flexibility index (Phi) is 14.6. The van der Waals surface area contributed by atoms with Crippen LogP contribution in [0.25, 0.3) is 11.4 Å². The van der Waals surface area contributed by atoms with E-state index in [2.05, 4.69) is 5.32 Å². The van der Waals surface area contributed by atoms with Gasteiger partial charge in [0.25, 0.3) is 17.0 Å². The Hall–Kier alpha value is -5.93. The topological polar surface area (TPSA) is 132 Å². The number of rotatable bonds is 11. The van der Waals surface area contributed by atoms with Crippen molar-refractivity contribution in [1.82, 2.24) is 14.5 Å². The molecule has 0 radical (unpaired) electrons. The maximum atomic E-state index is 13.8. The van der Waals surface area contributed by atoms with Crippen LogP contribution in [-0.4, -0.2) is 38.9 Å². The van der Waals surface area contributed by atoms with Gasteiger partial charge in [0.05, 0.1) is 18.0 Å². The molecule has 4 aromatic carbocycles. The third kappa shape index (κ3) is 10.1. The minimum absolute atomic E-state index is 0.0871. The highest BCUT2D eigenvalue weighted by Crippen LogP contribution is 2.28. The molecule has 0 aliphatic heterocycles. The zero-order valence-electron chi connectivity index (χ0n) is 32.9. The molecule has 0 bridgehead atoms. The molecule has 0 saturated heterocycles. The van der Waals surface area contributed by atoms with E-state index in [4.69, 9.17) is 37.8 Å². The van der Waals surface area contributed by atoms with Crippen molar-refractivity contribution in [3.05, 3.63) is 184 Å². The summed E-state index contributed by atoms with van der Waals surface area (Å²) in [6.07, 6.45) is -1.01. The highest BCUT2D eigenvalue weighted by Gasteiger charge is 2.19. The number of carbonyl (C=O) groups is 1. The van der Waals surface area contributed by atoms with Gasteiger partial charge in [-0.2, -0.15) is 0 Å². The monoisotopic (exact) mass is 867 g/mol. The average Bonchev–Trinajstić information content (AvgIpc) is 3.21. The number of benzene rings is 4. The number of nitrogens with one attached hydrogen (secondary N) is 1. The number of hydrogen-bond donors (Lipinski definition) is 3. The van der Waals surface area contributed by atoms with Crippen LogP contribution in [0.2, 0.25) is 10.0 Å². The lowest BCUT2D eigenvalue weighted by molar-refractivity contribution is 0.0955. The van der Waals surface area contributed by atoms with Crippen LogP contribution in [0.15, 0.2) is 94.5 Å². The van der Waals surface area contributed by atoms with Crippen LogP contribution in [0.1, 0.15) is 55.7 Å². The molecule has 1 amide bonds. The van der Waals surface area contributed by atoms with Crippen LogP contribution in [0.5, 0.6) is 11.5 Å². The predicted octanol–water partition coefficient (Wildman–Crippen LogP) is 8.32. The fourth-order valence-corrected chi connectivity index (χ4v) is 6.58. The highest BCUT2D eigenvalue weighted by molar-refractivity contribution is 6.32. The highest BCUT2D eigenvalue weighted by atomic mass is 35.5. The smallest absolute Gasteiger partial charge is 0.277 e. The summed E-state index contributed by atoms with van der Waals surface area (Å²) in [5, 5.41) is 21.1. The Morgan fingerprint density at radius 2 is 1.13 bits per heavy atom. The van der Waals surface area contributed by atoms with Crippen molar-refractivity contribution >= 4 is 29.1 Å². The standard InChI is InChI=1S/C22H19ClF2N2O3.C22H20ClF2NO4/c1-12-8-14(21(28)26-3)5-7-18(12)27-13(2)9-19(20(23)22(27)29)30-11-15-4-6-16(24)10-17(15)25;1-12-7-14(19(28)10-27)4-6-18(12)26-13(2)8-20(21(23)22(26)29)30-11-15-3-5-16(24)9-17(15)25/h4-10H,11H2,1-3H3,(H,26,28);3-9,19,27-28H,10-11H2,1-2H3. The largest absolute Gasteiger partial charge is 0.487 e. The second-order valence-corrected chi connectivity index (χ2v) is 14.3. The maximum absolute atomic E-state index is 13.8. The van der Waals surface area contributed by atoms with E-state index >= 15 is 0 Å². The van der Waals surface area contributed by atoms with Crippen LogP contribution in [0.3, 0.4) is 0 Å². The zero-order valence-corrected chi connectivity index (χ0v) is 34.4. The summed E-state index contributed by atoms with van der Waals surface area (Å²) in [4.78, 5) is 37.6. The number of aromatic nitrogens is 2. The Morgan fingerprint density at radius 3 is 1.53 bits per heavy atom. The molecule has 2 aromatic heterocycles. The number of aliphatic hydroxyl groups is 2. The van der Waals surface area contributed by atoms with Crippen molar-refractivity contribution < 1.29 is 42.0 Å². The van der Waals surface area contributed by atoms with Gasteiger partial charge in [-0.25, -0.2) is 17.6 Å². The second-order valence-electron chi connectivity index (χ2n) is 13.6. The Bertz CT molecular complexity index is 2710. The predicted molar refractivity (Wildman–Crippen MR) is 220 cm³/mol. The first-order valence-electron chi connectivity index (χ1n) is 18.2. The molecule has 60 heavy (non-hydrogen) atoms. The van der Waals surface area contributed by atoms with Crippen molar-refractivity contribution in [2.45, 2.75) is 47.0 Å². The lowest BCUT2D eigenvalue weighted by Gasteiger charge is -2.17. The number of carbonyl (C=O) groups excluding carboxylic acids is 1. The van der Waals surface area contributed by atoms with Gasteiger partial charge in [-0.15, -0.1) is 0 Å². The fourth-order valence-electron chi connectivity index (χ4n) is 6.19. The molecule has 314 valence electrons. The van der Waals surface area contributed by atoms with Crippen LogP contribution >= 0.6 is 23.2 Å². The molecule has 0 saturated carbocycles. The quantitative estimate of drug-likeness (QED) is 0.112. The normalized spacial score (nSPS) is 11.4. The number of pyridine rings is 2. The van der Waals surface area contributed by atoms with Gasteiger partial charge in [0, 0.05) is 59.4 Å². The molecular weight excluding hydrogens is 829 g/mol. The van der Waals surface area contributed by atoms with E-state index in [0.717, 1.165) is 24.3 Å². The molecule has 2 heterocycles. The van der Waals surface area contributed by atoms with Gasteiger partial charge in [0.1, 0.15) is 64.1 Å². The third-order valence-corrected chi connectivity index (χ3v) is 10.0. The van der Waals surface area contributed by atoms with Gasteiger partial charge in [-0.05, 0) is 92.9 Å². The van der Waals surface area contributed by atoms with Crippen LogP contribution < -0.4 is 25.9 Å². The Balaban J connectivity index is 0.000000228. The van der Waals surface area contributed by atoms with Crippen molar-refractivity contribution in [2.24, 2.45) is 0 Å². The first-order valence-corrected chi connectivity index (χ1v) is 18.9. The van der Waals surface area contributed by atoms with E-state index in [1.807, 2.05) is 0 Å². The molecular formula is C44H39Cl2F4N3O7. The van der Waals surface area contributed by atoms with E-state index in [0.29, 0.717) is 45.0 Å². The molecule has 1 unspecified atom stereocenters. The molecule has 6 aromatic rings. The van der Waals surface area contributed by atoms with Gasteiger partial charge >= 0.3 is 0 Å². The van der Waals surface area contributed by atoms with Gasteiger partial charge in [0.15, 0.2) is 0 Å². The molecule has 16 heteroatoms. The summed E-state index contributed by atoms with van der Waals surface area (Å²) >= 11 is 12.5. The van der Waals surface area contributed by atoms with Gasteiger partial charge in [-0.3, -0.25) is 23.5 Å². The van der Waals surface area contributed by atoms with Crippen molar-refractivity contribution in [1.29, 1.82) is 0 Å². The summed E-state index contributed by atoms with van der Waals surface area (Å²) in [6, 6.07) is 19.3. The number of nitrogens with zero attached hydrogens (tertiary/aromatic N) is 2. The summed E-state index contributed by atoms with van der Waals surface area (Å²) < 4.78 is 67.6. The minimum Gasteiger partial charge on any atom is -0.487 e. The summed E-state index contributed by atoms with van der Waals surface area (Å²) in [5.74, 6) is -2.93. The first kappa shape index (κ1) is 45.2. The van der Waals surface area contributed by atoms with Crippen molar-refractivity contribution in [3.8, 4) is 22.9 Å². The number of amides is 1. The second kappa shape index (κ2) is 19.4. The average molecular weight is 869 g/mol. The van der Waals surface area contributed by atoms with Crippen LogP contribution in [0, 0.1) is 51.0 Å². The van der Waals surface area contributed by atoms with E-state index in [-0.39, 0.29) is 51.8 Å². The zero-order chi connectivity index (χ0) is 44.0. The number of hydrogen-bond acceptors (Lipinski definition) is 7. The minimum atomic E-state index is -1.01. The first-order chi connectivity index (χ1) is 28.4. The van der Waals surface area contributed by atoms with Crippen molar-refractivity contribution in [3.63, 3.8) is 0 Å². The number of ether oxygens (including phenoxy) is 2. The van der Waals surface area contributed by atoms with Crippen LogP contribution in [0.4, 0.5) is 17.6 Å². The molecule has 1 atom stereocenters. The summed E-state index contributed by atoms with van der Waals surface area (Å²) in [7, 11) is 1.54. The van der Waals surface area contributed by atoms with E-state index in [1.54, 1.807) is 76.2 Å². The molecule has 10 nitrogen and oxygen atoms in total. The van der Waals surface area contributed by atoms with Crippen LogP contribution in [-0.2, 0) is 13.2 Å². The van der Waals surface area contributed by atoms with Gasteiger partial charge < -0.3 is 25.0 Å². The molecule has 0 spiro atoms. The number of aryl methyl sites for hydroxylation is 4. The summed E-state index contributed by atoms with van der Waals surface area (Å²) in [5.41, 5.74) is 3.82. The SMILES string of the molecule is CNC(=O)c1ccc(-n2c(C)cc(OCc3ccc(F)cc3F)c(Cl)c2=O)c(C)c1.Cc1cc(C(O)CO)ccc1-n1c(C)cc(OCc2ccc(F)cc2F)c(Cl)c1=O. The van der Waals surface area contributed by atoms with Gasteiger partial charge in [0.2, 0.25) is 0 Å². The number of halogens is 6. The Labute approximate surface area is 351 Å². The maximum Gasteiger partial charge on any atom is 0.277 e. The lowest BCUT2D eigenvalue weighted by atomic mass is 10.0. The molecule has 3 N–H and O–H groups in total. The Morgan fingerprint density at radius 1 is 0.683 bits per heavy atom. The van der Waals surface area contributed by atoms with E-state index in [9.17, 15) is 37.1 Å². The number of aliphatic hydroxyl groups excluding tert-OH is 2. The molecule has 0 fully saturated rings. The molecule has 0 aliphatic rings. The summed E-state index contributed by atoms with van der Waals surface area (Å²) in [6.45, 7) is 6.10. The lowest BCUT2D eigenvalue weighted by Crippen LogP contribution is -2.23. The fraction of sp³-hybridized carbons (Fsp3) is 0.205. The molecule has 0 aliphatic carbocycles.